The van der Waals surface area contributed by atoms with Crippen molar-refractivity contribution in [3.63, 3.8) is 0 Å². The monoisotopic (exact) mass is 346 g/mol. The van der Waals surface area contributed by atoms with Crippen molar-refractivity contribution >= 4 is 17.2 Å². The Labute approximate surface area is 147 Å². The van der Waals surface area contributed by atoms with Gasteiger partial charge in [0, 0.05) is 11.4 Å². The van der Waals surface area contributed by atoms with Crippen LogP contribution in [0.5, 0.6) is 0 Å². The maximum atomic E-state index is 12.5. The maximum absolute atomic E-state index is 12.5. The SMILES string of the molecule is CCn1cnnc1CNC(=O)c1cc2c(s1)CC[C@H](C(C)(C)C)C2. The Balaban J connectivity index is 1.66. The molecule has 0 aromatic carbocycles. The van der Waals surface area contributed by atoms with Crippen LogP contribution in [0.15, 0.2) is 12.4 Å². The predicted molar refractivity (Wildman–Crippen MR) is 96.2 cm³/mol. The second kappa shape index (κ2) is 6.67. The molecule has 0 fully saturated rings. The first-order valence-corrected chi connectivity index (χ1v) is 9.46. The molecule has 0 aliphatic heterocycles. The number of nitrogens with one attached hydrogen (secondary N) is 1. The van der Waals surface area contributed by atoms with E-state index in [1.807, 2.05) is 11.5 Å². The molecule has 0 saturated carbocycles. The van der Waals surface area contributed by atoms with Gasteiger partial charge in [0.05, 0.1) is 11.4 Å². The van der Waals surface area contributed by atoms with Gasteiger partial charge >= 0.3 is 0 Å². The first kappa shape index (κ1) is 17.1. The number of fused-ring (bicyclic) bond motifs is 1. The van der Waals surface area contributed by atoms with Gasteiger partial charge in [0.1, 0.15) is 6.33 Å². The Morgan fingerprint density at radius 2 is 2.25 bits per heavy atom. The first-order chi connectivity index (χ1) is 11.4. The van der Waals surface area contributed by atoms with Crippen LogP contribution in [0.2, 0.25) is 0 Å². The van der Waals surface area contributed by atoms with Gasteiger partial charge in [0.25, 0.3) is 5.91 Å². The van der Waals surface area contributed by atoms with E-state index in [-0.39, 0.29) is 5.91 Å². The Hall–Kier alpha value is -1.69. The van der Waals surface area contributed by atoms with E-state index in [0.717, 1.165) is 30.1 Å². The van der Waals surface area contributed by atoms with Gasteiger partial charge in [0.15, 0.2) is 5.82 Å². The van der Waals surface area contributed by atoms with E-state index in [1.54, 1.807) is 17.7 Å². The van der Waals surface area contributed by atoms with Crippen LogP contribution in [0.3, 0.4) is 0 Å². The van der Waals surface area contributed by atoms with Crippen molar-refractivity contribution in [1.82, 2.24) is 20.1 Å². The molecule has 5 nitrogen and oxygen atoms in total. The second-order valence-corrected chi connectivity index (χ2v) is 8.72. The molecule has 0 saturated heterocycles. The van der Waals surface area contributed by atoms with Gasteiger partial charge in [-0.15, -0.1) is 21.5 Å². The number of hydrogen-bond acceptors (Lipinski definition) is 4. The summed E-state index contributed by atoms with van der Waals surface area (Å²) >= 11 is 1.65. The fraction of sp³-hybridized carbons (Fsp3) is 0.611. The van der Waals surface area contributed by atoms with Gasteiger partial charge in [-0.3, -0.25) is 4.79 Å². The predicted octanol–water partition coefficient (Wildman–Crippen LogP) is 3.44. The zero-order valence-electron chi connectivity index (χ0n) is 14.9. The van der Waals surface area contributed by atoms with Crippen molar-refractivity contribution in [3.8, 4) is 0 Å². The minimum atomic E-state index is -0.00707. The molecule has 0 unspecified atom stereocenters. The smallest absolute Gasteiger partial charge is 0.261 e. The molecule has 0 bridgehead atoms. The lowest BCUT2D eigenvalue weighted by molar-refractivity contribution is 0.0953. The lowest BCUT2D eigenvalue weighted by atomic mass is 9.72. The summed E-state index contributed by atoms with van der Waals surface area (Å²) in [5.74, 6) is 1.48. The molecule has 0 radical (unpaired) electrons. The number of carbonyl (C=O) groups excluding carboxylic acids is 1. The maximum Gasteiger partial charge on any atom is 0.261 e. The van der Waals surface area contributed by atoms with Gasteiger partial charge < -0.3 is 9.88 Å². The molecule has 1 aliphatic rings. The standard InChI is InChI=1S/C18H26N4OS/c1-5-22-11-20-21-16(22)10-19-17(23)15-9-12-8-13(18(2,3)4)6-7-14(12)24-15/h9,11,13H,5-8,10H2,1-4H3,(H,19,23)/t13-/m0/s1. The Kier molecular flexibility index (Phi) is 4.76. The highest BCUT2D eigenvalue weighted by atomic mass is 32.1. The van der Waals surface area contributed by atoms with Gasteiger partial charge in [-0.1, -0.05) is 20.8 Å². The average Bonchev–Trinajstić information content (AvgIpc) is 3.16. The van der Waals surface area contributed by atoms with Crippen LogP contribution >= 0.6 is 11.3 Å². The number of thiophene rings is 1. The molecule has 2 aromatic heterocycles. The largest absolute Gasteiger partial charge is 0.344 e. The van der Waals surface area contributed by atoms with Crippen molar-refractivity contribution in [3.05, 3.63) is 33.5 Å². The third kappa shape index (κ3) is 3.53. The first-order valence-electron chi connectivity index (χ1n) is 8.65. The van der Waals surface area contributed by atoms with E-state index in [0.29, 0.717) is 17.9 Å². The lowest BCUT2D eigenvalue weighted by Gasteiger charge is -2.33. The fourth-order valence-electron chi connectivity index (χ4n) is 3.30. The van der Waals surface area contributed by atoms with Crippen LogP contribution < -0.4 is 5.32 Å². The number of amides is 1. The number of nitrogens with zero attached hydrogens (tertiary/aromatic N) is 3. The second-order valence-electron chi connectivity index (χ2n) is 7.58. The summed E-state index contributed by atoms with van der Waals surface area (Å²) in [4.78, 5) is 14.7. The normalized spacial score (nSPS) is 17.6. The van der Waals surface area contributed by atoms with Gasteiger partial charge in [-0.2, -0.15) is 0 Å². The van der Waals surface area contributed by atoms with Crippen LogP contribution in [0, 0.1) is 11.3 Å². The van der Waals surface area contributed by atoms with E-state index in [9.17, 15) is 4.79 Å². The minimum absolute atomic E-state index is 0.00707. The molecule has 2 aromatic rings. The van der Waals surface area contributed by atoms with E-state index in [1.165, 1.54) is 16.9 Å². The number of carbonyl (C=O) groups is 1. The summed E-state index contributed by atoms with van der Waals surface area (Å²) in [7, 11) is 0. The Bertz CT molecular complexity index is 726. The average molecular weight is 347 g/mol. The molecule has 0 spiro atoms. The van der Waals surface area contributed by atoms with Crippen LogP contribution in [0.1, 0.15) is 60.1 Å². The lowest BCUT2D eigenvalue weighted by Crippen LogP contribution is -2.26. The number of aryl methyl sites for hydroxylation is 2. The summed E-state index contributed by atoms with van der Waals surface area (Å²) in [6, 6.07) is 2.10. The van der Waals surface area contributed by atoms with Crippen LogP contribution in [0.4, 0.5) is 0 Å². The number of hydrogen-bond donors (Lipinski definition) is 1. The summed E-state index contributed by atoms with van der Waals surface area (Å²) in [6.45, 7) is 10.2. The van der Waals surface area contributed by atoms with Crippen LogP contribution in [0.25, 0.3) is 0 Å². The van der Waals surface area contributed by atoms with Crippen molar-refractivity contribution in [2.45, 2.75) is 60.0 Å². The van der Waals surface area contributed by atoms with Crippen molar-refractivity contribution in [1.29, 1.82) is 0 Å². The topological polar surface area (TPSA) is 59.8 Å². The number of aromatic nitrogens is 3. The highest BCUT2D eigenvalue weighted by Gasteiger charge is 2.30. The number of rotatable bonds is 4. The molecule has 1 N–H and O–H groups in total. The van der Waals surface area contributed by atoms with E-state index >= 15 is 0 Å². The summed E-state index contributed by atoms with van der Waals surface area (Å²) < 4.78 is 1.94. The molecular weight excluding hydrogens is 320 g/mol. The zero-order chi connectivity index (χ0) is 17.3. The molecule has 2 heterocycles. The van der Waals surface area contributed by atoms with Crippen molar-refractivity contribution in [2.75, 3.05) is 0 Å². The highest BCUT2D eigenvalue weighted by molar-refractivity contribution is 7.14. The Morgan fingerprint density at radius 1 is 1.46 bits per heavy atom. The molecule has 3 rings (SSSR count). The molecule has 6 heteroatoms. The highest BCUT2D eigenvalue weighted by Crippen LogP contribution is 2.40. The Morgan fingerprint density at radius 3 is 2.96 bits per heavy atom. The van der Waals surface area contributed by atoms with Gasteiger partial charge in [-0.05, 0) is 49.1 Å². The minimum Gasteiger partial charge on any atom is -0.344 e. The van der Waals surface area contributed by atoms with Crippen LogP contribution in [-0.2, 0) is 25.9 Å². The fourth-order valence-corrected chi connectivity index (χ4v) is 4.43. The van der Waals surface area contributed by atoms with E-state index in [2.05, 4.69) is 42.4 Å². The van der Waals surface area contributed by atoms with E-state index < -0.39 is 0 Å². The van der Waals surface area contributed by atoms with Crippen molar-refractivity contribution < 1.29 is 4.79 Å². The molecule has 1 aliphatic carbocycles. The molecule has 24 heavy (non-hydrogen) atoms. The molecule has 1 amide bonds. The summed E-state index contributed by atoms with van der Waals surface area (Å²) in [5.41, 5.74) is 1.69. The summed E-state index contributed by atoms with van der Waals surface area (Å²) in [6.07, 6.45) is 5.10. The van der Waals surface area contributed by atoms with Crippen molar-refractivity contribution in [2.24, 2.45) is 11.3 Å². The molecule has 1 atom stereocenters. The van der Waals surface area contributed by atoms with Crippen LogP contribution in [-0.4, -0.2) is 20.7 Å². The molecule has 130 valence electrons. The quantitative estimate of drug-likeness (QED) is 0.922. The third-order valence-corrected chi connectivity index (χ3v) is 6.21. The van der Waals surface area contributed by atoms with Gasteiger partial charge in [-0.25, -0.2) is 0 Å². The third-order valence-electron chi connectivity index (χ3n) is 4.97. The van der Waals surface area contributed by atoms with E-state index in [4.69, 9.17) is 0 Å². The summed E-state index contributed by atoms with van der Waals surface area (Å²) in [5, 5.41) is 10.9. The molecular formula is C18H26N4OS. The zero-order valence-corrected chi connectivity index (χ0v) is 15.7. The van der Waals surface area contributed by atoms with Gasteiger partial charge in [0.2, 0.25) is 0 Å².